The molecule has 116 valence electrons. The highest BCUT2D eigenvalue weighted by Gasteiger charge is 2.13. The number of thiophene rings is 1. The number of nitrogens with one attached hydrogen (secondary N) is 1. The van der Waals surface area contributed by atoms with Crippen LogP contribution in [0.2, 0.25) is 0 Å². The van der Waals surface area contributed by atoms with E-state index < -0.39 is 0 Å². The lowest BCUT2D eigenvalue weighted by Crippen LogP contribution is -2.35. The lowest BCUT2D eigenvalue weighted by Gasteiger charge is -2.20. The molecule has 4 heteroatoms. The molecule has 0 aliphatic carbocycles. The standard InChI is InChI=1S/C17H26N2OS/c1-13-15(9-18-17(2,3)4)8-16(20-13)11-19(5)10-14-6-7-21-12-14/h6-8,12,18H,9-11H2,1-5H3. The molecule has 1 N–H and O–H groups in total. The molecule has 0 bridgehead atoms. The Morgan fingerprint density at radius 2 is 2.05 bits per heavy atom. The molecule has 2 heterocycles. The summed E-state index contributed by atoms with van der Waals surface area (Å²) in [6, 6.07) is 4.35. The van der Waals surface area contributed by atoms with Gasteiger partial charge in [-0.05, 0) is 63.2 Å². The number of nitrogens with zero attached hydrogens (tertiary/aromatic N) is 1. The van der Waals surface area contributed by atoms with Crippen molar-refractivity contribution in [2.24, 2.45) is 0 Å². The minimum Gasteiger partial charge on any atom is -0.465 e. The topological polar surface area (TPSA) is 28.4 Å². The first-order chi connectivity index (χ1) is 9.83. The van der Waals surface area contributed by atoms with Crippen molar-refractivity contribution < 1.29 is 4.42 Å². The fourth-order valence-corrected chi connectivity index (χ4v) is 2.88. The number of hydrogen-bond acceptors (Lipinski definition) is 4. The van der Waals surface area contributed by atoms with E-state index in [1.54, 1.807) is 11.3 Å². The van der Waals surface area contributed by atoms with Gasteiger partial charge in [0.25, 0.3) is 0 Å². The molecule has 0 saturated carbocycles. The minimum absolute atomic E-state index is 0.125. The summed E-state index contributed by atoms with van der Waals surface area (Å²) >= 11 is 1.74. The van der Waals surface area contributed by atoms with Gasteiger partial charge in [0, 0.05) is 24.2 Å². The van der Waals surface area contributed by atoms with Gasteiger partial charge in [0.15, 0.2) is 0 Å². The monoisotopic (exact) mass is 306 g/mol. The van der Waals surface area contributed by atoms with Gasteiger partial charge in [0.05, 0.1) is 6.54 Å². The predicted molar refractivity (Wildman–Crippen MR) is 89.5 cm³/mol. The predicted octanol–water partition coefficient (Wildman–Crippen LogP) is 4.17. The molecule has 0 radical (unpaired) electrons. The van der Waals surface area contributed by atoms with Crippen LogP contribution in [0.15, 0.2) is 27.3 Å². The lowest BCUT2D eigenvalue weighted by atomic mass is 10.1. The minimum atomic E-state index is 0.125. The maximum atomic E-state index is 5.89. The van der Waals surface area contributed by atoms with Gasteiger partial charge in [0.1, 0.15) is 11.5 Å². The summed E-state index contributed by atoms with van der Waals surface area (Å²) in [5.41, 5.74) is 2.74. The van der Waals surface area contributed by atoms with Gasteiger partial charge >= 0.3 is 0 Å². The molecule has 2 rings (SSSR count). The number of aryl methyl sites for hydroxylation is 1. The normalized spacial score (nSPS) is 12.3. The molecule has 0 fully saturated rings. The average Bonchev–Trinajstić information content (AvgIpc) is 2.96. The highest BCUT2D eigenvalue weighted by atomic mass is 32.1. The van der Waals surface area contributed by atoms with Crippen LogP contribution in [-0.4, -0.2) is 17.5 Å². The third-order valence-electron chi connectivity index (χ3n) is 3.34. The molecule has 0 saturated heterocycles. The third kappa shape index (κ3) is 5.30. The van der Waals surface area contributed by atoms with Gasteiger partial charge in [-0.2, -0.15) is 11.3 Å². The fourth-order valence-electron chi connectivity index (χ4n) is 2.22. The molecule has 0 aliphatic rings. The first-order valence-corrected chi connectivity index (χ1v) is 8.30. The number of hydrogen-bond donors (Lipinski definition) is 1. The van der Waals surface area contributed by atoms with Crippen LogP contribution in [0.4, 0.5) is 0 Å². The maximum Gasteiger partial charge on any atom is 0.118 e. The van der Waals surface area contributed by atoms with Crippen LogP contribution in [0, 0.1) is 6.92 Å². The zero-order valence-electron chi connectivity index (χ0n) is 13.7. The van der Waals surface area contributed by atoms with E-state index in [1.807, 2.05) is 6.92 Å². The summed E-state index contributed by atoms with van der Waals surface area (Å²) in [6.07, 6.45) is 0. The Balaban J connectivity index is 1.92. The van der Waals surface area contributed by atoms with Gasteiger partial charge in [-0.3, -0.25) is 4.90 Å². The second-order valence-corrected chi connectivity index (χ2v) is 7.48. The molecule has 21 heavy (non-hydrogen) atoms. The fraction of sp³-hybridized carbons (Fsp3) is 0.529. The Labute approximate surface area is 132 Å². The summed E-state index contributed by atoms with van der Waals surface area (Å²) in [5, 5.41) is 7.83. The number of furan rings is 1. The van der Waals surface area contributed by atoms with E-state index in [4.69, 9.17) is 4.42 Å². The molecule has 2 aromatic rings. The third-order valence-corrected chi connectivity index (χ3v) is 4.07. The van der Waals surface area contributed by atoms with Crippen LogP contribution in [0.1, 0.15) is 43.4 Å². The highest BCUT2D eigenvalue weighted by molar-refractivity contribution is 7.07. The molecule has 2 aromatic heterocycles. The SMILES string of the molecule is Cc1oc(CN(C)Cc2ccsc2)cc1CNC(C)(C)C. The van der Waals surface area contributed by atoms with Crippen LogP contribution in [0.3, 0.4) is 0 Å². The van der Waals surface area contributed by atoms with Crippen molar-refractivity contribution in [1.82, 2.24) is 10.2 Å². The molecule has 0 amide bonds. The van der Waals surface area contributed by atoms with Crippen molar-refractivity contribution in [3.05, 3.63) is 45.5 Å². The average molecular weight is 306 g/mol. The van der Waals surface area contributed by atoms with Crippen molar-refractivity contribution in [3.8, 4) is 0 Å². The summed E-state index contributed by atoms with van der Waals surface area (Å²) in [4.78, 5) is 2.28. The summed E-state index contributed by atoms with van der Waals surface area (Å²) < 4.78 is 5.89. The second-order valence-electron chi connectivity index (χ2n) is 6.70. The Morgan fingerprint density at radius 1 is 1.29 bits per heavy atom. The van der Waals surface area contributed by atoms with Crippen LogP contribution < -0.4 is 5.32 Å². The van der Waals surface area contributed by atoms with Gasteiger partial charge in [0.2, 0.25) is 0 Å². The summed E-state index contributed by atoms with van der Waals surface area (Å²) in [6.45, 7) is 11.2. The van der Waals surface area contributed by atoms with E-state index in [0.29, 0.717) is 0 Å². The Bertz CT molecular complexity index is 552. The van der Waals surface area contributed by atoms with Crippen molar-refractivity contribution >= 4 is 11.3 Å². The zero-order chi connectivity index (χ0) is 15.5. The van der Waals surface area contributed by atoms with Crippen molar-refractivity contribution in [1.29, 1.82) is 0 Å². The Morgan fingerprint density at radius 3 is 2.67 bits per heavy atom. The van der Waals surface area contributed by atoms with Gasteiger partial charge < -0.3 is 9.73 Å². The molecule has 0 unspecified atom stereocenters. The maximum absolute atomic E-state index is 5.89. The van der Waals surface area contributed by atoms with Crippen molar-refractivity contribution in [2.45, 2.75) is 52.9 Å². The van der Waals surface area contributed by atoms with E-state index in [0.717, 1.165) is 31.2 Å². The lowest BCUT2D eigenvalue weighted by molar-refractivity contribution is 0.285. The zero-order valence-corrected chi connectivity index (χ0v) is 14.5. The molecular formula is C17H26N2OS. The first kappa shape index (κ1) is 16.3. The number of rotatable bonds is 6. The first-order valence-electron chi connectivity index (χ1n) is 7.36. The van der Waals surface area contributed by atoms with E-state index in [9.17, 15) is 0 Å². The van der Waals surface area contributed by atoms with E-state index >= 15 is 0 Å². The van der Waals surface area contributed by atoms with E-state index in [-0.39, 0.29) is 5.54 Å². The molecule has 0 aliphatic heterocycles. The van der Waals surface area contributed by atoms with Crippen LogP contribution in [0.25, 0.3) is 0 Å². The van der Waals surface area contributed by atoms with Gasteiger partial charge in [-0.1, -0.05) is 0 Å². The largest absolute Gasteiger partial charge is 0.465 e. The Kier molecular flexibility index (Phi) is 5.25. The van der Waals surface area contributed by atoms with Crippen LogP contribution >= 0.6 is 11.3 Å². The van der Waals surface area contributed by atoms with Gasteiger partial charge in [-0.25, -0.2) is 0 Å². The van der Waals surface area contributed by atoms with Crippen molar-refractivity contribution in [3.63, 3.8) is 0 Å². The molecular weight excluding hydrogens is 280 g/mol. The molecule has 0 spiro atoms. The van der Waals surface area contributed by atoms with Crippen molar-refractivity contribution in [2.75, 3.05) is 7.05 Å². The highest BCUT2D eigenvalue weighted by Crippen LogP contribution is 2.18. The molecule has 3 nitrogen and oxygen atoms in total. The summed E-state index contributed by atoms with van der Waals surface area (Å²) in [5.74, 6) is 2.06. The Hall–Kier alpha value is -1.10. The van der Waals surface area contributed by atoms with Crippen LogP contribution in [0.5, 0.6) is 0 Å². The van der Waals surface area contributed by atoms with E-state index in [1.165, 1.54) is 11.1 Å². The van der Waals surface area contributed by atoms with E-state index in [2.05, 4.69) is 60.9 Å². The summed E-state index contributed by atoms with van der Waals surface area (Å²) in [7, 11) is 2.13. The van der Waals surface area contributed by atoms with Crippen LogP contribution in [-0.2, 0) is 19.6 Å². The quantitative estimate of drug-likeness (QED) is 0.868. The smallest absolute Gasteiger partial charge is 0.118 e. The molecule has 0 atom stereocenters. The van der Waals surface area contributed by atoms with Gasteiger partial charge in [-0.15, -0.1) is 0 Å². The second kappa shape index (κ2) is 6.77. The molecule has 0 aromatic carbocycles.